The summed E-state index contributed by atoms with van der Waals surface area (Å²) < 4.78 is 45.4. The summed E-state index contributed by atoms with van der Waals surface area (Å²) in [4.78, 5) is 28.9. The molecule has 0 aliphatic carbocycles. The number of methoxy groups -OCH3 is 1. The highest BCUT2D eigenvalue weighted by molar-refractivity contribution is 7.88. The predicted molar refractivity (Wildman–Crippen MR) is 102 cm³/mol. The van der Waals surface area contributed by atoms with E-state index in [2.05, 4.69) is 4.99 Å². The van der Waals surface area contributed by atoms with Gasteiger partial charge in [-0.1, -0.05) is 17.8 Å². The van der Waals surface area contributed by atoms with Crippen LogP contribution in [0.3, 0.4) is 0 Å². The van der Waals surface area contributed by atoms with E-state index in [1.165, 1.54) is 34.2 Å². The third kappa shape index (κ3) is 4.31. The summed E-state index contributed by atoms with van der Waals surface area (Å²) in [7, 11) is -2.31. The van der Waals surface area contributed by atoms with Crippen LogP contribution in [-0.2, 0) is 30.9 Å². The normalized spacial score (nSPS) is 19.1. The quantitative estimate of drug-likeness (QED) is 0.682. The topological polar surface area (TPSA) is 98.0 Å². The van der Waals surface area contributed by atoms with E-state index < -0.39 is 33.8 Å². The molecule has 0 bridgehead atoms. The third-order valence-corrected chi connectivity index (χ3v) is 6.86. The standard InChI is InChI=1S/C17H20FN3O5S2/c1-26-15(22)10-20-12-7-6-11(18)9-14(12)27-17(20)19-16(23)13-5-3-4-8-21(13)28(2,24)25/h6-7,9,13H,3-5,8,10H2,1-2H3. The molecule has 1 atom stereocenters. The molecule has 28 heavy (non-hydrogen) atoms. The summed E-state index contributed by atoms with van der Waals surface area (Å²) in [5, 5.41) is 0. The first-order valence-electron chi connectivity index (χ1n) is 8.62. The van der Waals surface area contributed by atoms with Gasteiger partial charge in [0, 0.05) is 6.54 Å². The molecule has 1 amide bonds. The molecular formula is C17H20FN3O5S2. The fourth-order valence-corrected chi connectivity index (χ4v) is 5.37. The van der Waals surface area contributed by atoms with Crippen molar-refractivity contribution in [2.24, 2.45) is 4.99 Å². The minimum Gasteiger partial charge on any atom is -0.468 e. The Morgan fingerprint density at radius 1 is 1.36 bits per heavy atom. The van der Waals surface area contributed by atoms with Gasteiger partial charge in [0.15, 0.2) is 4.80 Å². The molecule has 0 saturated carbocycles. The maximum atomic E-state index is 13.6. The summed E-state index contributed by atoms with van der Waals surface area (Å²) in [5.74, 6) is -1.60. The van der Waals surface area contributed by atoms with E-state index in [1.807, 2.05) is 0 Å². The second-order valence-electron chi connectivity index (χ2n) is 6.49. The van der Waals surface area contributed by atoms with Crippen molar-refractivity contribution in [3.63, 3.8) is 0 Å². The molecule has 0 N–H and O–H groups in total. The van der Waals surface area contributed by atoms with Crippen LogP contribution in [0, 0.1) is 5.82 Å². The second-order valence-corrected chi connectivity index (χ2v) is 9.44. The number of carbonyl (C=O) groups is 2. The van der Waals surface area contributed by atoms with Crippen molar-refractivity contribution in [3.05, 3.63) is 28.8 Å². The third-order valence-electron chi connectivity index (χ3n) is 4.53. The number of hydrogen-bond acceptors (Lipinski definition) is 6. The zero-order valence-corrected chi connectivity index (χ0v) is 17.1. The van der Waals surface area contributed by atoms with Gasteiger partial charge in [-0.2, -0.15) is 9.30 Å². The van der Waals surface area contributed by atoms with Gasteiger partial charge in [0.2, 0.25) is 10.0 Å². The van der Waals surface area contributed by atoms with E-state index in [0.29, 0.717) is 23.1 Å². The van der Waals surface area contributed by atoms with Crippen molar-refractivity contribution in [1.82, 2.24) is 8.87 Å². The number of fused-ring (bicyclic) bond motifs is 1. The molecule has 0 spiro atoms. The zero-order valence-electron chi connectivity index (χ0n) is 15.4. The van der Waals surface area contributed by atoms with E-state index in [1.54, 1.807) is 0 Å². The first-order valence-corrected chi connectivity index (χ1v) is 11.3. The lowest BCUT2D eigenvalue weighted by Crippen LogP contribution is -2.47. The second kappa shape index (κ2) is 8.10. The highest BCUT2D eigenvalue weighted by Crippen LogP contribution is 2.22. The largest absolute Gasteiger partial charge is 0.468 e. The van der Waals surface area contributed by atoms with E-state index in [0.717, 1.165) is 24.0 Å². The van der Waals surface area contributed by atoms with Crippen LogP contribution in [0.25, 0.3) is 10.2 Å². The Balaban J connectivity index is 2.08. The van der Waals surface area contributed by atoms with Crippen LogP contribution in [0.5, 0.6) is 0 Å². The Morgan fingerprint density at radius 2 is 2.11 bits per heavy atom. The first kappa shape index (κ1) is 20.6. The lowest BCUT2D eigenvalue weighted by Gasteiger charge is -2.31. The molecule has 3 rings (SSSR count). The minimum absolute atomic E-state index is 0.190. The molecule has 0 radical (unpaired) electrons. The molecule has 1 fully saturated rings. The fourth-order valence-electron chi connectivity index (χ4n) is 3.20. The van der Waals surface area contributed by atoms with Crippen molar-refractivity contribution in [1.29, 1.82) is 0 Å². The van der Waals surface area contributed by atoms with E-state index >= 15 is 0 Å². The Hall–Kier alpha value is -2.11. The van der Waals surface area contributed by atoms with Crippen molar-refractivity contribution in [2.75, 3.05) is 19.9 Å². The molecular weight excluding hydrogens is 409 g/mol. The molecule has 1 aromatic heterocycles. The number of thiazole rings is 1. The number of rotatable bonds is 4. The zero-order chi connectivity index (χ0) is 20.5. The number of nitrogens with zero attached hydrogens (tertiary/aromatic N) is 3. The number of esters is 1. The maximum absolute atomic E-state index is 13.6. The van der Waals surface area contributed by atoms with Gasteiger partial charge >= 0.3 is 5.97 Å². The maximum Gasteiger partial charge on any atom is 0.325 e. The summed E-state index contributed by atoms with van der Waals surface area (Å²) >= 11 is 1.05. The van der Waals surface area contributed by atoms with Gasteiger partial charge in [0.05, 0.1) is 23.6 Å². The van der Waals surface area contributed by atoms with Crippen LogP contribution in [-0.4, -0.2) is 55.1 Å². The number of aromatic nitrogens is 1. The van der Waals surface area contributed by atoms with Gasteiger partial charge in [-0.15, -0.1) is 0 Å². The number of piperidine rings is 1. The monoisotopic (exact) mass is 429 g/mol. The van der Waals surface area contributed by atoms with Crippen LogP contribution < -0.4 is 4.80 Å². The lowest BCUT2D eigenvalue weighted by atomic mass is 10.0. The average Bonchev–Trinajstić information content (AvgIpc) is 2.96. The van der Waals surface area contributed by atoms with Crippen LogP contribution in [0.15, 0.2) is 23.2 Å². The molecule has 11 heteroatoms. The van der Waals surface area contributed by atoms with Crippen LogP contribution in [0.4, 0.5) is 4.39 Å². The molecule has 2 heterocycles. The van der Waals surface area contributed by atoms with Crippen molar-refractivity contribution in [2.45, 2.75) is 31.8 Å². The SMILES string of the molecule is COC(=O)Cn1c(=NC(=O)C2CCCCN2S(C)(=O)=O)sc2cc(F)ccc21. The Morgan fingerprint density at radius 3 is 2.79 bits per heavy atom. The van der Waals surface area contributed by atoms with E-state index in [9.17, 15) is 22.4 Å². The number of hydrogen-bond donors (Lipinski definition) is 0. The van der Waals surface area contributed by atoms with Gasteiger partial charge < -0.3 is 9.30 Å². The van der Waals surface area contributed by atoms with Crippen LogP contribution in [0.1, 0.15) is 19.3 Å². The van der Waals surface area contributed by atoms with Crippen molar-refractivity contribution >= 4 is 43.5 Å². The summed E-state index contributed by atoms with van der Waals surface area (Å²) in [6, 6.07) is 3.16. The van der Waals surface area contributed by atoms with Crippen molar-refractivity contribution in [3.8, 4) is 0 Å². The predicted octanol–water partition coefficient (Wildman–Crippen LogP) is 1.26. The molecule has 1 aliphatic heterocycles. The lowest BCUT2D eigenvalue weighted by molar-refractivity contribution is -0.141. The minimum atomic E-state index is -3.55. The summed E-state index contributed by atoms with van der Waals surface area (Å²) in [5.41, 5.74) is 0.534. The summed E-state index contributed by atoms with van der Waals surface area (Å²) in [6.45, 7) is 0.0687. The van der Waals surface area contributed by atoms with Gasteiger partial charge in [0.25, 0.3) is 5.91 Å². The molecule has 1 aromatic carbocycles. The Kier molecular flexibility index (Phi) is 5.96. The molecule has 1 unspecified atom stereocenters. The molecule has 1 aliphatic rings. The van der Waals surface area contributed by atoms with Crippen LogP contribution >= 0.6 is 11.3 Å². The first-order chi connectivity index (χ1) is 13.2. The molecule has 8 nitrogen and oxygen atoms in total. The van der Waals surface area contributed by atoms with Gasteiger partial charge in [0.1, 0.15) is 18.4 Å². The fraction of sp³-hybridized carbons (Fsp3) is 0.471. The number of halogens is 1. The highest BCUT2D eigenvalue weighted by Gasteiger charge is 2.34. The van der Waals surface area contributed by atoms with Crippen LogP contribution in [0.2, 0.25) is 0 Å². The van der Waals surface area contributed by atoms with E-state index in [-0.39, 0.29) is 17.9 Å². The van der Waals surface area contributed by atoms with Gasteiger partial charge in [-0.3, -0.25) is 9.59 Å². The molecule has 1 saturated heterocycles. The number of amides is 1. The molecule has 2 aromatic rings. The van der Waals surface area contributed by atoms with Crippen molar-refractivity contribution < 1.29 is 27.1 Å². The Bertz CT molecular complexity index is 1090. The Labute approximate surface area is 165 Å². The number of carbonyl (C=O) groups excluding carboxylic acids is 2. The summed E-state index contributed by atoms with van der Waals surface area (Å²) in [6.07, 6.45) is 2.85. The highest BCUT2D eigenvalue weighted by atomic mass is 32.2. The number of ether oxygens (including phenoxy) is 1. The van der Waals surface area contributed by atoms with E-state index in [4.69, 9.17) is 4.74 Å². The average molecular weight is 429 g/mol. The molecule has 152 valence electrons. The van der Waals surface area contributed by atoms with Gasteiger partial charge in [-0.25, -0.2) is 12.8 Å². The van der Waals surface area contributed by atoms with Gasteiger partial charge in [-0.05, 0) is 31.0 Å². The number of benzene rings is 1. The number of sulfonamides is 1. The smallest absolute Gasteiger partial charge is 0.325 e.